The van der Waals surface area contributed by atoms with Crippen LogP contribution in [0.3, 0.4) is 0 Å². The van der Waals surface area contributed by atoms with Gasteiger partial charge in [-0.3, -0.25) is 4.98 Å². The van der Waals surface area contributed by atoms with Gasteiger partial charge in [0, 0.05) is 46.9 Å². The van der Waals surface area contributed by atoms with E-state index in [0.29, 0.717) is 0 Å². The van der Waals surface area contributed by atoms with Gasteiger partial charge in [-0.25, -0.2) is 0 Å². The summed E-state index contributed by atoms with van der Waals surface area (Å²) >= 11 is 0. The van der Waals surface area contributed by atoms with Gasteiger partial charge in [-0.15, -0.1) is 54.1 Å². The molecule has 5 heteroatoms. The first-order valence-electron chi connectivity index (χ1n) is 23.0. The third-order valence-electron chi connectivity index (χ3n) is 12.4. The maximum absolute atomic E-state index is 7.23. The molecular formula is C58H49IrN3O-2. The van der Waals surface area contributed by atoms with Crippen molar-refractivity contribution in [3.63, 3.8) is 0 Å². The van der Waals surface area contributed by atoms with E-state index in [4.69, 9.17) is 13.5 Å². The van der Waals surface area contributed by atoms with Crippen molar-refractivity contribution in [3.8, 4) is 50.6 Å². The standard InChI is InChI=1S/C46H39N2O.C12H10N.Ir/c1-27(2)34-23-30(29-15-8-7-9-16-29)24-35(28(3)4)43(34)48-41-22-13-12-21-40(41)47-45(48)33-19-14-18-32-37-25-39-36(26-42(37)49-44(32)33)31-17-10-11-20-38(31)46(39,5)6;1-10-7-8-12(13-9-10)11-5-3-2-4-6-11;/h7-18,20-28H,1-6H3;2-5,7-9H,1H3;/q2*-1;/i;1D3;. The van der Waals surface area contributed by atoms with Gasteiger partial charge < -0.3 is 14.0 Å². The van der Waals surface area contributed by atoms with Crippen LogP contribution in [0.5, 0.6) is 0 Å². The third kappa shape index (κ3) is 7.34. The van der Waals surface area contributed by atoms with E-state index in [1.807, 2.05) is 24.3 Å². The minimum absolute atomic E-state index is 0. The van der Waals surface area contributed by atoms with E-state index < -0.39 is 6.85 Å². The van der Waals surface area contributed by atoms with Crippen LogP contribution < -0.4 is 0 Å². The molecule has 10 aromatic rings. The quantitative estimate of drug-likeness (QED) is 0.156. The summed E-state index contributed by atoms with van der Waals surface area (Å²) in [5, 5.41) is 2.22. The number of aromatic nitrogens is 3. The number of aryl methyl sites for hydroxylation is 1. The molecule has 3 aromatic heterocycles. The molecule has 0 saturated heterocycles. The van der Waals surface area contributed by atoms with Gasteiger partial charge in [0.05, 0.1) is 22.4 Å². The van der Waals surface area contributed by atoms with Gasteiger partial charge in [0.2, 0.25) is 0 Å². The third-order valence-corrected chi connectivity index (χ3v) is 12.4. The van der Waals surface area contributed by atoms with Crippen molar-refractivity contribution in [1.82, 2.24) is 14.5 Å². The van der Waals surface area contributed by atoms with E-state index in [2.05, 4.69) is 172 Å². The number of rotatable bonds is 6. The zero-order valence-corrected chi connectivity index (χ0v) is 38.6. The molecule has 0 amide bonds. The van der Waals surface area contributed by atoms with Crippen LogP contribution in [0.25, 0.3) is 83.6 Å². The fraction of sp³-hybridized carbons (Fsp3) is 0.172. The molecule has 7 aromatic carbocycles. The SMILES string of the molecule is CC(C)c1cc(-c2ccccc2)cc(C(C)C)c1-n1c(-c2[c-]ccc3c2oc2cc4c(cc23)C(C)(C)c2ccccc2-4)nc2ccccc21.[2H]C([2H])([2H])c1ccc(-c2[c-]cccc2)nc1.[Ir]. The number of hydrogen-bond acceptors (Lipinski definition) is 3. The van der Waals surface area contributed by atoms with Crippen LogP contribution in [0, 0.1) is 19.0 Å². The maximum atomic E-state index is 7.23. The number of fused-ring (bicyclic) bond motifs is 7. The van der Waals surface area contributed by atoms with Crippen LogP contribution in [0.1, 0.15) is 85.3 Å². The molecule has 1 aliphatic rings. The predicted octanol–water partition coefficient (Wildman–Crippen LogP) is 15.5. The monoisotopic (exact) mass is 999 g/mol. The molecule has 0 fully saturated rings. The molecule has 0 aliphatic heterocycles. The number of benzene rings is 7. The number of furan rings is 1. The number of imidazole rings is 1. The Morgan fingerprint density at radius 1 is 0.667 bits per heavy atom. The minimum Gasteiger partial charge on any atom is -0.501 e. The smallest absolute Gasteiger partial charge is 0.121 e. The summed E-state index contributed by atoms with van der Waals surface area (Å²) < 4.78 is 31.0. The average molecular weight is 999 g/mol. The molecule has 4 nitrogen and oxygen atoms in total. The van der Waals surface area contributed by atoms with Crippen molar-refractivity contribution < 1.29 is 28.6 Å². The van der Waals surface area contributed by atoms with Crippen molar-refractivity contribution >= 4 is 33.0 Å². The van der Waals surface area contributed by atoms with Crippen LogP contribution in [0.15, 0.2) is 162 Å². The molecule has 0 N–H and O–H groups in total. The van der Waals surface area contributed by atoms with Gasteiger partial charge in [0.1, 0.15) is 5.58 Å². The van der Waals surface area contributed by atoms with E-state index in [-0.39, 0.29) is 42.9 Å². The summed E-state index contributed by atoms with van der Waals surface area (Å²) in [5.74, 6) is 1.41. The summed E-state index contributed by atoms with van der Waals surface area (Å²) in [6, 6.07) is 58.9. The Balaban J connectivity index is 0.000000273. The molecule has 0 saturated carbocycles. The minimum atomic E-state index is -2.09. The van der Waals surface area contributed by atoms with E-state index >= 15 is 0 Å². The molecule has 0 bridgehead atoms. The van der Waals surface area contributed by atoms with E-state index in [9.17, 15) is 0 Å². The molecule has 313 valence electrons. The van der Waals surface area contributed by atoms with Gasteiger partial charge in [0.25, 0.3) is 0 Å². The second-order valence-electron chi connectivity index (χ2n) is 17.4. The Hall–Kier alpha value is -6.39. The first-order chi connectivity index (χ1) is 31.3. The van der Waals surface area contributed by atoms with Crippen LogP contribution >= 0.6 is 0 Å². The molecule has 0 spiro atoms. The van der Waals surface area contributed by atoms with Crippen molar-refractivity contribution in [2.24, 2.45) is 0 Å². The second-order valence-corrected chi connectivity index (χ2v) is 17.4. The molecule has 63 heavy (non-hydrogen) atoms. The number of hydrogen-bond donors (Lipinski definition) is 0. The van der Waals surface area contributed by atoms with Crippen molar-refractivity contribution in [3.05, 3.63) is 198 Å². The summed E-state index contributed by atoms with van der Waals surface area (Å²) in [5.41, 5.74) is 17.9. The summed E-state index contributed by atoms with van der Waals surface area (Å²) in [6.07, 6.45) is 1.39. The van der Waals surface area contributed by atoms with Gasteiger partial charge in [-0.05, 0) is 111 Å². The number of pyridine rings is 1. The Labute approximate surface area is 388 Å². The van der Waals surface area contributed by atoms with Gasteiger partial charge in [-0.2, -0.15) is 0 Å². The van der Waals surface area contributed by atoms with Crippen molar-refractivity contribution in [2.75, 3.05) is 0 Å². The van der Waals surface area contributed by atoms with Gasteiger partial charge in [-0.1, -0.05) is 131 Å². The zero-order valence-electron chi connectivity index (χ0n) is 39.2. The molecule has 1 aliphatic carbocycles. The fourth-order valence-electron chi connectivity index (χ4n) is 9.24. The normalized spacial score (nSPS) is 13.6. The fourth-order valence-corrected chi connectivity index (χ4v) is 9.24. The summed E-state index contributed by atoms with van der Waals surface area (Å²) in [4.78, 5) is 9.47. The Morgan fingerprint density at radius 2 is 1.40 bits per heavy atom. The molecular weight excluding hydrogens is 947 g/mol. The van der Waals surface area contributed by atoms with E-state index in [0.717, 1.165) is 55.6 Å². The van der Waals surface area contributed by atoms with Crippen LogP contribution in [-0.2, 0) is 25.5 Å². The van der Waals surface area contributed by atoms with Crippen molar-refractivity contribution in [2.45, 2.75) is 65.6 Å². The Kier molecular flexibility index (Phi) is 10.2. The van der Waals surface area contributed by atoms with E-state index in [1.165, 1.54) is 56.4 Å². The zero-order chi connectivity index (χ0) is 45.2. The first kappa shape index (κ1) is 38.3. The maximum Gasteiger partial charge on any atom is 0.121 e. The Morgan fingerprint density at radius 3 is 2.11 bits per heavy atom. The van der Waals surface area contributed by atoms with Crippen LogP contribution in [0.2, 0.25) is 0 Å². The molecule has 0 unspecified atom stereocenters. The summed E-state index contributed by atoms with van der Waals surface area (Å²) in [6.45, 7) is 11.7. The molecule has 0 atom stereocenters. The Bertz CT molecular complexity index is 3360. The molecule has 11 rings (SSSR count). The van der Waals surface area contributed by atoms with E-state index in [1.54, 1.807) is 18.2 Å². The van der Waals surface area contributed by atoms with Gasteiger partial charge in [0.15, 0.2) is 0 Å². The van der Waals surface area contributed by atoms with Crippen LogP contribution in [-0.4, -0.2) is 14.5 Å². The van der Waals surface area contributed by atoms with Crippen LogP contribution in [0.4, 0.5) is 0 Å². The average Bonchev–Trinajstić information content (AvgIpc) is 3.96. The number of para-hydroxylation sites is 2. The first-order valence-corrected chi connectivity index (χ1v) is 21.5. The largest absolute Gasteiger partial charge is 0.501 e. The second kappa shape index (κ2) is 16.7. The topological polar surface area (TPSA) is 43.9 Å². The van der Waals surface area contributed by atoms with Gasteiger partial charge >= 0.3 is 0 Å². The predicted molar refractivity (Wildman–Crippen MR) is 257 cm³/mol. The number of nitrogens with zero attached hydrogens (tertiary/aromatic N) is 3. The van der Waals surface area contributed by atoms with Crippen molar-refractivity contribution in [1.29, 1.82) is 0 Å². The summed E-state index contributed by atoms with van der Waals surface area (Å²) in [7, 11) is 0. The molecule has 3 heterocycles. The molecule has 1 radical (unpaired) electrons.